The highest BCUT2D eigenvalue weighted by Crippen LogP contribution is 2.77. The summed E-state index contributed by atoms with van der Waals surface area (Å²) in [5, 5.41) is 24.7. The van der Waals surface area contributed by atoms with E-state index in [-0.39, 0.29) is 30.0 Å². The first kappa shape index (κ1) is 28.1. The molecule has 4 fully saturated rings. The molecule has 9 nitrogen and oxygen atoms in total. The number of carbonyl (C=O) groups is 3. The van der Waals surface area contributed by atoms with E-state index < -0.39 is 63.9 Å². The molecule has 4 aliphatic carbocycles. The van der Waals surface area contributed by atoms with E-state index in [1.807, 2.05) is 27.7 Å². The smallest absolute Gasteiger partial charge is 0.333 e. The van der Waals surface area contributed by atoms with Crippen LogP contribution < -0.4 is 0 Å². The fourth-order valence-electron chi connectivity index (χ4n) is 10.2. The largest absolute Gasteiger partial charge is 0.458 e. The molecule has 0 bridgehead atoms. The van der Waals surface area contributed by atoms with Crippen LogP contribution in [0.5, 0.6) is 0 Å². The van der Waals surface area contributed by atoms with Gasteiger partial charge in [0.1, 0.15) is 29.0 Å². The summed E-state index contributed by atoms with van der Waals surface area (Å²) in [5.74, 6) is -2.21. The van der Waals surface area contributed by atoms with Crippen molar-refractivity contribution in [1.82, 2.24) is 0 Å². The Labute approximate surface area is 235 Å². The van der Waals surface area contributed by atoms with Gasteiger partial charge in [0.05, 0.1) is 11.5 Å². The van der Waals surface area contributed by atoms with Crippen molar-refractivity contribution in [2.45, 2.75) is 115 Å². The number of rotatable bonds is 4. The Kier molecular flexibility index (Phi) is 5.96. The predicted octanol–water partition coefficient (Wildman–Crippen LogP) is 2.81. The summed E-state index contributed by atoms with van der Waals surface area (Å²) < 4.78 is 24.3. The Bertz CT molecular complexity index is 1240. The van der Waals surface area contributed by atoms with Crippen LogP contribution in [0.1, 0.15) is 73.6 Å². The summed E-state index contributed by atoms with van der Waals surface area (Å²) in [6.07, 6.45) is 2.48. The van der Waals surface area contributed by atoms with Crippen LogP contribution in [0.4, 0.5) is 0 Å². The van der Waals surface area contributed by atoms with E-state index >= 15 is 0 Å². The molecule has 0 spiro atoms. The zero-order valence-electron chi connectivity index (χ0n) is 24.5. The van der Waals surface area contributed by atoms with Crippen molar-refractivity contribution in [2.24, 2.45) is 28.6 Å². The van der Waals surface area contributed by atoms with Gasteiger partial charge in [0.25, 0.3) is 0 Å². The number of allylic oxidation sites excluding steroid dienone is 1. The maximum absolute atomic E-state index is 13.7. The molecule has 12 atom stereocenters. The SMILES string of the molecule is CO[C@]12CC=CC(=O)[C@]1(C)[C@H]1CC[C@@]3(C)[C@@](O)([C@@H]1C[C@H]2O)[C@@H](OC(C)=O)[C@@H]1O[C@@]13[C@H](C)[C@H]1CC(C)=C(C)C(=O)O1. The van der Waals surface area contributed by atoms with E-state index in [1.54, 1.807) is 19.1 Å². The summed E-state index contributed by atoms with van der Waals surface area (Å²) in [6.45, 7) is 10.8. The van der Waals surface area contributed by atoms with Crippen molar-refractivity contribution in [3.8, 4) is 0 Å². The third-order valence-corrected chi connectivity index (χ3v) is 12.6. The topological polar surface area (TPSA) is 132 Å². The molecule has 0 unspecified atom stereocenters. The minimum Gasteiger partial charge on any atom is -0.458 e. The summed E-state index contributed by atoms with van der Waals surface area (Å²) in [5.41, 5.74) is -4.03. The van der Waals surface area contributed by atoms with Crippen LogP contribution in [0.15, 0.2) is 23.3 Å². The van der Waals surface area contributed by atoms with Crippen molar-refractivity contribution < 1.29 is 43.5 Å². The number of epoxide rings is 1. The first-order valence-electron chi connectivity index (χ1n) is 14.6. The van der Waals surface area contributed by atoms with Gasteiger partial charge in [-0.25, -0.2) is 4.79 Å². The van der Waals surface area contributed by atoms with Crippen LogP contribution >= 0.6 is 0 Å². The second kappa shape index (κ2) is 8.49. The molecule has 2 heterocycles. The molecule has 3 saturated carbocycles. The Morgan fingerprint density at radius 1 is 1.20 bits per heavy atom. The molecule has 6 rings (SSSR count). The van der Waals surface area contributed by atoms with E-state index in [1.165, 1.54) is 14.0 Å². The molecule has 0 amide bonds. The first-order chi connectivity index (χ1) is 18.7. The molecule has 1 saturated heterocycles. The average molecular weight is 559 g/mol. The summed E-state index contributed by atoms with van der Waals surface area (Å²) in [6, 6.07) is 0. The van der Waals surface area contributed by atoms with Gasteiger partial charge in [-0.1, -0.05) is 25.5 Å². The lowest BCUT2D eigenvalue weighted by Gasteiger charge is -2.67. The Morgan fingerprint density at radius 2 is 1.90 bits per heavy atom. The molecular formula is C31H42O9. The van der Waals surface area contributed by atoms with Crippen LogP contribution in [-0.4, -0.2) is 76.3 Å². The second-order valence-electron chi connectivity index (χ2n) is 13.6. The van der Waals surface area contributed by atoms with Crippen molar-refractivity contribution in [1.29, 1.82) is 0 Å². The van der Waals surface area contributed by atoms with Crippen LogP contribution in [0.2, 0.25) is 0 Å². The zero-order valence-corrected chi connectivity index (χ0v) is 24.5. The number of cyclic esters (lactones) is 1. The molecule has 0 aromatic heterocycles. The molecule has 0 radical (unpaired) electrons. The first-order valence-corrected chi connectivity index (χ1v) is 14.6. The lowest BCUT2D eigenvalue weighted by molar-refractivity contribution is -0.299. The highest BCUT2D eigenvalue weighted by atomic mass is 16.7. The monoisotopic (exact) mass is 558 g/mol. The highest BCUT2D eigenvalue weighted by molar-refractivity contribution is 5.97. The van der Waals surface area contributed by atoms with Gasteiger partial charge in [0.2, 0.25) is 0 Å². The number of carbonyl (C=O) groups excluding carboxylic acids is 3. The zero-order chi connectivity index (χ0) is 29.2. The summed E-state index contributed by atoms with van der Waals surface area (Å²) in [7, 11) is 1.54. The minimum atomic E-state index is -1.59. The average Bonchev–Trinajstić information content (AvgIpc) is 3.62. The number of hydrogen-bond donors (Lipinski definition) is 2. The third kappa shape index (κ3) is 2.95. The van der Waals surface area contributed by atoms with Crippen molar-refractivity contribution >= 4 is 17.7 Å². The van der Waals surface area contributed by atoms with E-state index in [2.05, 4.69) is 0 Å². The molecule has 0 aromatic rings. The van der Waals surface area contributed by atoms with E-state index in [9.17, 15) is 24.6 Å². The number of ketones is 1. The number of esters is 2. The van der Waals surface area contributed by atoms with E-state index in [0.717, 1.165) is 5.57 Å². The Balaban J connectivity index is 1.46. The van der Waals surface area contributed by atoms with E-state index in [4.69, 9.17) is 18.9 Å². The number of aliphatic hydroxyl groups is 2. The van der Waals surface area contributed by atoms with Crippen molar-refractivity contribution in [3.63, 3.8) is 0 Å². The molecule has 220 valence electrons. The quantitative estimate of drug-likeness (QED) is 0.395. The summed E-state index contributed by atoms with van der Waals surface area (Å²) >= 11 is 0. The minimum absolute atomic E-state index is 0.125. The van der Waals surface area contributed by atoms with Gasteiger partial charge in [-0.05, 0) is 64.4 Å². The Morgan fingerprint density at radius 3 is 2.52 bits per heavy atom. The molecule has 2 N–H and O–H groups in total. The maximum atomic E-state index is 13.7. The fourth-order valence-corrected chi connectivity index (χ4v) is 10.2. The van der Waals surface area contributed by atoms with Crippen LogP contribution in [0.3, 0.4) is 0 Å². The van der Waals surface area contributed by atoms with Crippen molar-refractivity contribution in [3.05, 3.63) is 23.3 Å². The van der Waals surface area contributed by atoms with Crippen LogP contribution in [0, 0.1) is 28.6 Å². The molecule has 9 heteroatoms. The maximum Gasteiger partial charge on any atom is 0.333 e. The number of ether oxygens (including phenoxy) is 4. The number of methoxy groups -OCH3 is 1. The van der Waals surface area contributed by atoms with Gasteiger partial charge in [0, 0.05) is 37.4 Å². The number of fused-ring (bicyclic) bond motifs is 7. The molecule has 6 aliphatic rings. The van der Waals surface area contributed by atoms with E-state index in [0.29, 0.717) is 31.3 Å². The van der Waals surface area contributed by atoms with Crippen molar-refractivity contribution in [2.75, 3.05) is 7.11 Å². The number of hydrogen-bond acceptors (Lipinski definition) is 9. The second-order valence-corrected chi connectivity index (χ2v) is 13.6. The fraction of sp³-hybridized carbons (Fsp3) is 0.774. The van der Waals surface area contributed by atoms with Gasteiger partial charge in [-0.2, -0.15) is 0 Å². The van der Waals surface area contributed by atoms with Gasteiger partial charge >= 0.3 is 11.9 Å². The van der Waals surface area contributed by atoms with Gasteiger partial charge in [0.15, 0.2) is 11.9 Å². The standard InChI is InChI=1S/C31H42O9/c1-15-13-21(39-26(35)16(15)2)17(3)31-25(40-31)24(38-18(4)32)30(36)20-14-23(34)29(37-7)11-8-9-22(33)28(29,6)19(20)10-12-27(30,31)5/h8-9,17,19-21,23-25,34,36H,10-14H2,1-7H3/t17-,19+,20-,21-,23-,24+,25+,27+,28+,29+,30-,31+/m1/s1. The normalized spacial score (nSPS) is 51.7. The molecule has 2 aliphatic heterocycles. The lowest BCUT2D eigenvalue weighted by Crippen LogP contribution is -2.75. The summed E-state index contributed by atoms with van der Waals surface area (Å²) in [4.78, 5) is 38.8. The molecule has 0 aromatic carbocycles. The van der Waals surface area contributed by atoms with Gasteiger partial charge in [-0.3, -0.25) is 9.59 Å². The lowest BCUT2D eigenvalue weighted by atomic mass is 9.41. The third-order valence-electron chi connectivity index (χ3n) is 12.6. The van der Waals surface area contributed by atoms with Crippen LogP contribution in [0.25, 0.3) is 0 Å². The van der Waals surface area contributed by atoms with Gasteiger partial charge in [-0.15, -0.1) is 0 Å². The molecular weight excluding hydrogens is 516 g/mol. The molecule has 40 heavy (non-hydrogen) atoms. The highest BCUT2D eigenvalue weighted by Gasteiger charge is 2.90. The van der Waals surface area contributed by atoms with Gasteiger partial charge < -0.3 is 29.2 Å². The predicted molar refractivity (Wildman–Crippen MR) is 142 cm³/mol. The number of aliphatic hydroxyl groups excluding tert-OH is 1. The van der Waals surface area contributed by atoms with Crippen LogP contribution in [-0.2, 0) is 33.3 Å². The Hall–Kier alpha value is -2.07.